The van der Waals surface area contributed by atoms with Gasteiger partial charge in [0.25, 0.3) is 0 Å². The fourth-order valence-electron chi connectivity index (χ4n) is 2.74. The summed E-state index contributed by atoms with van der Waals surface area (Å²) in [6.07, 6.45) is 2.39. The number of rotatable bonds is 8. The first-order chi connectivity index (χ1) is 13.1. The van der Waals surface area contributed by atoms with E-state index in [-0.39, 0.29) is 5.82 Å². The Balaban J connectivity index is 1.91. The minimum atomic E-state index is -0.715. The molecule has 0 saturated heterocycles. The highest BCUT2D eigenvalue weighted by atomic mass is 16.6. The molecule has 0 aliphatic heterocycles. The topological polar surface area (TPSA) is 98.8 Å². The Labute approximate surface area is 155 Å². The van der Waals surface area contributed by atoms with E-state index in [0.29, 0.717) is 25.4 Å². The summed E-state index contributed by atoms with van der Waals surface area (Å²) in [4.78, 5) is 27.5. The fourth-order valence-corrected chi connectivity index (χ4v) is 2.74. The van der Waals surface area contributed by atoms with Crippen LogP contribution in [0.15, 0.2) is 53.5 Å². The highest BCUT2D eigenvalue weighted by Crippen LogP contribution is 2.20. The zero-order chi connectivity index (χ0) is 19.2. The van der Waals surface area contributed by atoms with E-state index in [9.17, 15) is 14.9 Å². The van der Waals surface area contributed by atoms with Crippen molar-refractivity contribution in [1.29, 1.82) is 0 Å². The van der Waals surface area contributed by atoms with Crippen LogP contribution < -0.4 is 10.9 Å². The molecule has 8 nitrogen and oxygen atoms in total. The Morgan fingerprint density at radius 2 is 1.93 bits per heavy atom. The molecule has 0 amide bonds. The van der Waals surface area contributed by atoms with Crippen LogP contribution in [0, 0.1) is 10.1 Å². The third kappa shape index (κ3) is 4.12. The van der Waals surface area contributed by atoms with Crippen LogP contribution in [0.2, 0.25) is 0 Å². The van der Waals surface area contributed by atoms with Crippen LogP contribution in [-0.4, -0.2) is 20.9 Å². The molecule has 3 rings (SSSR count). The number of ether oxygens (including phenoxy) is 1. The second-order valence-electron chi connectivity index (χ2n) is 5.97. The van der Waals surface area contributed by atoms with Crippen molar-refractivity contribution in [2.75, 3.05) is 11.9 Å². The maximum absolute atomic E-state index is 12.5. The van der Waals surface area contributed by atoms with Crippen LogP contribution in [-0.2, 0) is 17.9 Å². The van der Waals surface area contributed by atoms with E-state index in [0.717, 1.165) is 21.9 Å². The summed E-state index contributed by atoms with van der Waals surface area (Å²) in [5.74, 6) is -0.0412. The first-order valence-electron chi connectivity index (χ1n) is 8.66. The third-order valence-electron chi connectivity index (χ3n) is 4.06. The summed E-state index contributed by atoms with van der Waals surface area (Å²) < 4.78 is 6.76. The lowest BCUT2D eigenvalue weighted by atomic mass is 10.1. The molecular formula is C19H20N4O4. The molecule has 0 aliphatic carbocycles. The molecule has 0 radical (unpaired) electrons. The van der Waals surface area contributed by atoms with Gasteiger partial charge in [0.15, 0.2) is 0 Å². The SMILES string of the molecule is CCCOCc1ccccc1CNc1nc2ccccn2c(=O)c1[N+](=O)[O-]. The lowest BCUT2D eigenvalue weighted by molar-refractivity contribution is -0.385. The van der Waals surface area contributed by atoms with Gasteiger partial charge in [-0.15, -0.1) is 0 Å². The number of hydrogen-bond donors (Lipinski definition) is 1. The van der Waals surface area contributed by atoms with Crippen molar-refractivity contribution in [2.24, 2.45) is 0 Å². The van der Waals surface area contributed by atoms with Crippen molar-refractivity contribution >= 4 is 17.2 Å². The van der Waals surface area contributed by atoms with Gasteiger partial charge in [-0.1, -0.05) is 37.3 Å². The van der Waals surface area contributed by atoms with Crippen LogP contribution >= 0.6 is 0 Å². The Morgan fingerprint density at radius 1 is 1.19 bits per heavy atom. The largest absolute Gasteiger partial charge is 0.377 e. The lowest BCUT2D eigenvalue weighted by Crippen LogP contribution is -2.21. The Morgan fingerprint density at radius 3 is 2.67 bits per heavy atom. The second-order valence-corrected chi connectivity index (χ2v) is 5.97. The number of fused-ring (bicyclic) bond motifs is 1. The Kier molecular flexibility index (Phi) is 5.77. The molecule has 0 fully saturated rings. The van der Waals surface area contributed by atoms with E-state index in [1.165, 1.54) is 6.20 Å². The first-order valence-corrected chi connectivity index (χ1v) is 8.66. The zero-order valence-corrected chi connectivity index (χ0v) is 14.9. The number of nitro groups is 1. The molecule has 0 spiro atoms. The van der Waals surface area contributed by atoms with Crippen LogP contribution in [0.3, 0.4) is 0 Å². The van der Waals surface area contributed by atoms with Crippen molar-refractivity contribution in [3.8, 4) is 0 Å². The quantitative estimate of drug-likeness (QED) is 0.373. The van der Waals surface area contributed by atoms with E-state index in [4.69, 9.17) is 4.74 Å². The van der Waals surface area contributed by atoms with Crippen LogP contribution in [0.25, 0.3) is 5.65 Å². The van der Waals surface area contributed by atoms with Gasteiger partial charge in [-0.3, -0.25) is 19.3 Å². The molecule has 27 heavy (non-hydrogen) atoms. The molecule has 1 N–H and O–H groups in total. The summed E-state index contributed by atoms with van der Waals surface area (Å²) in [5.41, 5.74) is 0.970. The predicted molar refractivity (Wildman–Crippen MR) is 102 cm³/mol. The number of hydrogen-bond acceptors (Lipinski definition) is 6. The number of anilines is 1. The van der Waals surface area contributed by atoms with Crippen molar-refractivity contribution < 1.29 is 9.66 Å². The molecule has 0 aliphatic rings. The van der Waals surface area contributed by atoms with Gasteiger partial charge >= 0.3 is 11.2 Å². The summed E-state index contributed by atoms with van der Waals surface area (Å²) in [5, 5.41) is 14.4. The van der Waals surface area contributed by atoms with Gasteiger partial charge in [-0.2, -0.15) is 0 Å². The van der Waals surface area contributed by atoms with Crippen molar-refractivity contribution in [1.82, 2.24) is 9.38 Å². The van der Waals surface area contributed by atoms with E-state index >= 15 is 0 Å². The number of benzene rings is 1. The fraction of sp³-hybridized carbons (Fsp3) is 0.263. The van der Waals surface area contributed by atoms with Crippen LogP contribution in [0.4, 0.5) is 11.5 Å². The molecule has 2 aromatic heterocycles. The molecule has 0 unspecified atom stereocenters. The smallest absolute Gasteiger partial charge is 0.376 e. The molecule has 0 bridgehead atoms. The van der Waals surface area contributed by atoms with Gasteiger partial charge in [0.2, 0.25) is 5.82 Å². The maximum Gasteiger partial charge on any atom is 0.376 e. The predicted octanol–water partition coefficient (Wildman–Crippen LogP) is 3.14. The van der Waals surface area contributed by atoms with E-state index in [1.54, 1.807) is 18.2 Å². The summed E-state index contributed by atoms with van der Waals surface area (Å²) in [7, 11) is 0. The number of pyridine rings is 1. The average molecular weight is 368 g/mol. The van der Waals surface area contributed by atoms with Crippen molar-refractivity contribution in [2.45, 2.75) is 26.5 Å². The number of nitrogens with one attached hydrogen (secondary N) is 1. The highest BCUT2D eigenvalue weighted by molar-refractivity contribution is 5.60. The molecule has 8 heteroatoms. The number of nitrogens with zero attached hydrogens (tertiary/aromatic N) is 3. The zero-order valence-electron chi connectivity index (χ0n) is 14.9. The van der Waals surface area contributed by atoms with E-state index < -0.39 is 16.2 Å². The lowest BCUT2D eigenvalue weighted by Gasteiger charge is -2.12. The molecule has 0 atom stereocenters. The van der Waals surface area contributed by atoms with E-state index in [1.807, 2.05) is 31.2 Å². The van der Waals surface area contributed by atoms with Gasteiger partial charge in [0, 0.05) is 19.3 Å². The standard InChI is InChI=1S/C19H20N4O4/c1-2-11-27-13-15-8-4-3-7-14(15)12-20-18-17(23(25)26)19(24)22-10-6-5-9-16(22)21-18/h3-10,20H,2,11-13H2,1H3. The maximum atomic E-state index is 12.5. The van der Waals surface area contributed by atoms with Crippen molar-refractivity contribution in [3.05, 3.63) is 80.3 Å². The van der Waals surface area contributed by atoms with Gasteiger partial charge in [0.1, 0.15) is 5.65 Å². The monoisotopic (exact) mass is 368 g/mol. The Hall–Kier alpha value is -3.26. The highest BCUT2D eigenvalue weighted by Gasteiger charge is 2.23. The summed E-state index contributed by atoms with van der Waals surface area (Å²) >= 11 is 0. The Bertz CT molecular complexity index is 1020. The minimum Gasteiger partial charge on any atom is -0.377 e. The molecule has 0 saturated carbocycles. The molecule has 140 valence electrons. The normalized spacial score (nSPS) is 10.9. The van der Waals surface area contributed by atoms with Crippen LogP contribution in [0.1, 0.15) is 24.5 Å². The number of aromatic nitrogens is 2. The van der Waals surface area contributed by atoms with Crippen molar-refractivity contribution in [3.63, 3.8) is 0 Å². The van der Waals surface area contributed by atoms with Gasteiger partial charge in [0.05, 0.1) is 11.5 Å². The molecule has 3 aromatic rings. The summed E-state index contributed by atoms with van der Waals surface area (Å²) in [6, 6.07) is 12.6. The van der Waals surface area contributed by atoms with Gasteiger partial charge in [-0.25, -0.2) is 4.98 Å². The molecule has 1 aromatic carbocycles. The van der Waals surface area contributed by atoms with E-state index in [2.05, 4.69) is 10.3 Å². The molecular weight excluding hydrogens is 348 g/mol. The average Bonchev–Trinajstić information content (AvgIpc) is 2.67. The summed E-state index contributed by atoms with van der Waals surface area (Å²) in [6.45, 7) is 3.45. The second kappa shape index (κ2) is 8.41. The first kappa shape index (κ1) is 18.5. The van der Waals surface area contributed by atoms with Gasteiger partial charge < -0.3 is 10.1 Å². The third-order valence-corrected chi connectivity index (χ3v) is 4.06. The molecule has 2 heterocycles. The minimum absolute atomic E-state index is 0.0412. The van der Waals surface area contributed by atoms with Crippen LogP contribution in [0.5, 0.6) is 0 Å². The van der Waals surface area contributed by atoms with Gasteiger partial charge in [-0.05, 0) is 29.7 Å².